The molecule has 2 aromatic rings. The van der Waals surface area contributed by atoms with Crippen LogP contribution in [-0.4, -0.2) is 37.4 Å². The normalized spacial score (nSPS) is 15.3. The topological polar surface area (TPSA) is 87.3 Å². The van der Waals surface area contributed by atoms with Crippen LogP contribution in [0.5, 0.6) is 0 Å². The molecule has 0 spiro atoms. The van der Waals surface area contributed by atoms with Gasteiger partial charge in [0.05, 0.1) is 5.56 Å². The molecule has 1 aliphatic rings. The maximum absolute atomic E-state index is 12.1. The first kappa shape index (κ1) is 29.7. The van der Waals surface area contributed by atoms with Gasteiger partial charge in [-0.1, -0.05) is 55.5 Å². The lowest BCUT2D eigenvalue weighted by molar-refractivity contribution is -0.137. The molecule has 0 aliphatic carbocycles. The molecular formula is C26H34F3N3O3. The number of hydrogen-bond acceptors (Lipinski definition) is 3. The van der Waals surface area contributed by atoms with E-state index in [0.29, 0.717) is 37.4 Å². The van der Waals surface area contributed by atoms with Gasteiger partial charge in [-0.05, 0) is 49.8 Å². The molecule has 0 bridgehead atoms. The second kappa shape index (κ2) is 16.3. The van der Waals surface area contributed by atoms with Crippen LogP contribution in [-0.2, 0) is 33.4 Å². The lowest BCUT2D eigenvalue weighted by atomic mass is 10.1. The molecule has 1 saturated heterocycles. The van der Waals surface area contributed by atoms with Gasteiger partial charge < -0.3 is 16.0 Å². The van der Waals surface area contributed by atoms with Crippen molar-refractivity contribution < 1.29 is 27.6 Å². The van der Waals surface area contributed by atoms with Crippen molar-refractivity contribution in [1.29, 1.82) is 0 Å². The minimum atomic E-state index is -4.22. The smallest absolute Gasteiger partial charge is 0.357 e. The molecule has 0 saturated carbocycles. The quantitative estimate of drug-likeness (QED) is 0.461. The fourth-order valence-electron chi connectivity index (χ4n) is 3.25. The summed E-state index contributed by atoms with van der Waals surface area (Å²) < 4.78 is 36.3. The second-order valence-electron chi connectivity index (χ2n) is 8.09. The number of halogens is 3. The van der Waals surface area contributed by atoms with Crippen LogP contribution < -0.4 is 16.0 Å². The Labute approximate surface area is 204 Å². The molecule has 2 aromatic carbocycles. The summed E-state index contributed by atoms with van der Waals surface area (Å²) in [5.74, 6) is 0.201. The summed E-state index contributed by atoms with van der Waals surface area (Å²) in [6.07, 6.45) is 1.15. The van der Waals surface area contributed by atoms with Crippen molar-refractivity contribution >= 4 is 18.7 Å². The van der Waals surface area contributed by atoms with Gasteiger partial charge in [0, 0.05) is 25.0 Å². The van der Waals surface area contributed by atoms with E-state index in [1.54, 1.807) is 6.07 Å². The number of carbonyl (C=O) groups is 3. The Hall–Kier alpha value is -3.36. The van der Waals surface area contributed by atoms with Gasteiger partial charge in [0.25, 0.3) is 0 Å². The van der Waals surface area contributed by atoms with Crippen LogP contribution in [0.2, 0.25) is 0 Å². The molecule has 1 heterocycles. The Morgan fingerprint density at radius 2 is 1.74 bits per heavy atom. The van der Waals surface area contributed by atoms with E-state index in [2.05, 4.69) is 16.0 Å². The van der Waals surface area contributed by atoms with Crippen LogP contribution in [0.4, 0.5) is 13.2 Å². The highest BCUT2D eigenvalue weighted by molar-refractivity contribution is 5.78. The zero-order valence-electron chi connectivity index (χ0n) is 20.1. The number of amides is 3. The lowest BCUT2D eigenvalue weighted by Gasteiger charge is -2.15. The van der Waals surface area contributed by atoms with Crippen molar-refractivity contribution in [3.05, 3.63) is 71.3 Å². The second-order valence-corrected chi connectivity index (χ2v) is 8.09. The number of rotatable bonds is 9. The molecule has 35 heavy (non-hydrogen) atoms. The van der Waals surface area contributed by atoms with Gasteiger partial charge in [0.2, 0.25) is 18.7 Å². The molecule has 2 atom stereocenters. The molecule has 3 N–H and O–H groups in total. The monoisotopic (exact) mass is 493 g/mol. The first-order valence-electron chi connectivity index (χ1n) is 11.6. The van der Waals surface area contributed by atoms with Crippen molar-refractivity contribution in [2.75, 3.05) is 6.54 Å². The van der Waals surface area contributed by atoms with Crippen LogP contribution >= 0.6 is 0 Å². The minimum Gasteiger partial charge on any atom is -0.357 e. The number of carbonyl (C=O) groups excluding carboxylic acids is 3. The van der Waals surface area contributed by atoms with Crippen molar-refractivity contribution in [2.24, 2.45) is 0 Å². The third-order valence-corrected chi connectivity index (χ3v) is 5.25. The molecule has 6 nitrogen and oxygen atoms in total. The molecule has 1 aliphatic heterocycles. The Morgan fingerprint density at radius 1 is 1.06 bits per heavy atom. The highest BCUT2D eigenvalue weighted by Gasteiger charge is 2.30. The molecule has 192 valence electrons. The van der Waals surface area contributed by atoms with Gasteiger partial charge in [-0.2, -0.15) is 13.2 Å². The molecule has 3 rings (SSSR count). The van der Waals surface area contributed by atoms with Crippen LogP contribution in [0.15, 0.2) is 54.6 Å². The summed E-state index contributed by atoms with van der Waals surface area (Å²) in [6, 6.07) is 15.8. The largest absolute Gasteiger partial charge is 0.416 e. The number of alkyl halides is 3. The Bertz CT molecular complexity index is 892. The summed E-state index contributed by atoms with van der Waals surface area (Å²) in [6.45, 7) is 4.31. The number of benzene rings is 2. The Balaban J connectivity index is 0.000000282. The molecule has 0 aromatic heterocycles. The SMILES string of the molecule is CCc1cccc(C(F)(F)F)c1.C[C@@H]1CCC(=O)N1.O=CNC[C@H](CCc1ccccc1)NC=O. The van der Waals surface area contributed by atoms with E-state index in [-0.39, 0.29) is 11.9 Å². The van der Waals surface area contributed by atoms with Gasteiger partial charge in [0.1, 0.15) is 0 Å². The standard InChI is InChI=1S/C12H16N2O2.C9H9F3.C5H9NO/c15-9-13-8-12(14-10-16)7-6-11-4-2-1-3-5-11;1-2-7-4-3-5-8(6-7)9(10,11)12;1-4-2-3-5(7)6-4/h1-5,9-10,12H,6-8H2,(H,13,15)(H,14,16);3-6H,2H2,1H3;4H,2-3H2,1H3,(H,6,7)/t12-;;4-/m0.1/s1. The van der Waals surface area contributed by atoms with E-state index < -0.39 is 11.7 Å². The zero-order chi connectivity index (χ0) is 26.1. The van der Waals surface area contributed by atoms with Crippen LogP contribution in [0.25, 0.3) is 0 Å². The van der Waals surface area contributed by atoms with Crippen molar-refractivity contribution in [2.45, 2.75) is 64.2 Å². The average Bonchev–Trinajstić information content (AvgIpc) is 3.24. The van der Waals surface area contributed by atoms with E-state index in [4.69, 9.17) is 0 Å². The maximum Gasteiger partial charge on any atom is 0.416 e. The van der Waals surface area contributed by atoms with Gasteiger partial charge in [-0.15, -0.1) is 0 Å². The first-order valence-corrected chi connectivity index (χ1v) is 11.6. The zero-order valence-corrected chi connectivity index (χ0v) is 20.1. The summed E-state index contributed by atoms with van der Waals surface area (Å²) in [4.78, 5) is 30.9. The summed E-state index contributed by atoms with van der Waals surface area (Å²) in [7, 11) is 0. The third-order valence-electron chi connectivity index (χ3n) is 5.25. The van der Waals surface area contributed by atoms with E-state index in [9.17, 15) is 27.6 Å². The predicted octanol–water partition coefficient (Wildman–Crippen LogP) is 4.03. The molecule has 9 heteroatoms. The van der Waals surface area contributed by atoms with Gasteiger partial charge in [-0.3, -0.25) is 14.4 Å². The molecule has 3 amide bonds. The van der Waals surface area contributed by atoms with Crippen LogP contribution in [0.3, 0.4) is 0 Å². The Kier molecular flexibility index (Phi) is 13.8. The summed E-state index contributed by atoms with van der Waals surface area (Å²) in [5.41, 5.74) is 1.37. The fourth-order valence-corrected chi connectivity index (χ4v) is 3.25. The predicted molar refractivity (Wildman–Crippen MR) is 129 cm³/mol. The van der Waals surface area contributed by atoms with Crippen LogP contribution in [0, 0.1) is 0 Å². The lowest BCUT2D eigenvalue weighted by Crippen LogP contribution is -2.37. The molecule has 1 fully saturated rings. The minimum absolute atomic E-state index is 0.0112. The maximum atomic E-state index is 12.1. The molecule has 0 radical (unpaired) electrons. The van der Waals surface area contributed by atoms with Gasteiger partial charge in [0.15, 0.2) is 0 Å². The fraction of sp³-hybridized carbons (Fsp3) is 0.423. The third kappa shape index (κ3) is 13.2. The summed E-state index contributed by atoms with van der Waals surface area (Å²) in [5, 5.41) is 8.03. The highest BCUT2D eigenvalue weighted by atomic mass is 19.4. The van der Waals surface area contributed by atoms with Gasteiger partial charge >= 0.3 is 6.18 Å². The highest BCUT2D eigenvalue weighted by Crippen LogP contribution is 2.29. The van der Waals surface area contributed by atoms with Crippen LogP contribution in [0.1, 0.15) is 49.8 Å². The Morgan fingerprint density at radius 3 is 2.23 bits per heavy atom. The molecular weight excluding hydrogens is 459 g/mol. The first-order chi connectivity index (χ1) is 16.7. The van der Waals surface area contributed by atoms with E-state index in [1.165, 1.54) is 17.7 Å². The number of hydrogen-bond donors (Lipinski definition) is 3. The van der Waals surface area contributed by atoms with E-state index in [0.717, 1.165) is 31.7 Å². The number of aryl methyl sites for hydroxylation is 2. The van der Waals surface area contributed by atoms with E-state index >= 15 is 0 Å². The van der Waals surface area contributed by atoms with Gasteiger partial charge in [-0.25, -0.2) is 0 Å². The van der Waals surface area contributed by atoms with Crippen molar-refractivity contribution in [1.82, 2.24) is 16.0 Å². The average molecular weight is 494 g/mol. The van der Waals surface area contributed by atoms with Crippen molar-refractivity contribution in [3.8, 4) is 0 Å². The van der Waals surface area contributed by atoms with E-state index in [1.807, 2.05) is 44.2 Å². The molecule has 0 unspecified atom stereocenters. The van der Waals surface area contributed by atoms with Crippen molar-refractivity contribution in [3.63, 3.8) is 0 Å². The number of nitrogens with one attached hydrogen (secondary N) is 3. The summed E-state index contributed by atoms with van der Waals surface area (Å²) >= 11 is 0.